The van der Waals surface area contributed by atoms with Crippen molar-refractivity contribution in [2.45, 2.75) is 32.1 Å². The second kappa shape index (κ2) is 7.13. The highest BCUT2D eigenvalue weighted by Crippen LogP contribution is 2.50. The lowest BCUT2D eigenvalue weighted by Crippen LogP contribution is -2.22. The van der Waals surface area contributed by atoms with Gasteiger partial charge in [0.25, 0.3) is 5.91 Å². The van der Waals surface area contributed by atoms with Crippen LogP contribution in [0.5, 0.6) is 0 Å². The Bertz CT molecular complexity index is 494. The van der Waals surface area contributed by atoms with Gasteiger partial charge >= 0.3 is 0 Å². The van der Waals surface area contributed by atoms with E-state index in [0.717, 1.165) is 24.5 Å². The van der Waals surface area contributed by atoms with Crippen molar-refractivity contribution in [3.05, 3.63) is 10.4 Å². The summed E-state index contributed by atoms with van der Waals surface area (Å²) in [6.07, 6.45) is 3.44. The number of nitrogens with two attached hydrogens (primary N) is 1. The summed E-state index contributed by atoms with van der Waals surface area (Å²) in [6, 6.07) is 0. The topological polar surface area (TPSA) is 70.4 Å². The Morgan fingerprint density at radius 3 is 2.71 bits per heavy atom. The van der Waals surface area contributed by atoms with Crippen LogP contribution in [0, 0.1) is 0 Å². The quantitative estimate of drug-likeness (QED) is 0.645. The van der Waals surface area contributed by atoms with E-state index in [0.29, 0.717) is 23.0 Å². The van der Waals surface area contributed by atoms with Gasteiger partial charge in [-0.1, -0.05) is 0 Å². The standard InChI is InChI=1S/C15H26N4OS/c1-4-17-14(20)13-12(16)11(10-6-7-10)15(21-13)18-8-5-9-19(2)3/h10,18H,4-9,16H2,1-3H3,(H,17,20). The van der Waals surface area contributed by atoms with Gasteiger partial charge in [-0.25, -0.2) is 0 Å². The van der Waals surface area contributed by atoms with Gasteiger partial charge in [0, 0.05) is 18.7 Å². The van der Waals surface area contributed by atoms with Gasteiger partial charge in [-0.3, -0.25) is 4.79 Å². The van der Waals surface area contributed by atoms with Gasteiger partial charge in [-0.15, -0.1) is 11.3 Å². The fraction of sp³-hybridized carbons (Fsp3) is 0.667. The zero-order chi connectivity index (χ0) is 15.4. The molecule has 118 valence electrons. The largest absolute Gasteiger partial charge is 0.397 e. The lowest BCUT2D eigenvalue weighted by atomic mass is 10.1. The molecule has 1 aromatic heterocycles. The van der Waals surface area contributed by atoms with Crippen LogP contribution in [0.25, 0.3) is 0 Å². The molecule has 1 amide bonds. The molecule has 1 heterocycles. The van der Waals surface area contributed by atoms with E-state index in [1.807, 2.05) is 6.92 Å². The second-order valence-corrected chi connectivity index (χ2v) is 6.83. The number of nitrogens with one attached hydrogen (secondary N) is 2. The Morgan fingerprint density at radius 2 is 2.14 bits per heavy atom. The number of anilines is 2. The summed E-state index contributed by atoms with van der Waals surface area (Å²) < 4.78 is 0. The summed E-state index contributed by atoms with van der Waals surface area (Å²) >= 11 is 1.50. The first-order valence-corrected chi connectivity index (χ1v) is 8.45. The zero-order valence-electron chi connectivity index (χ0n) is 13.2. The first-order chi connectivity index (χ1) is 10.0. The van der Waals surface area contributed by atoms with E-state index in [2.05, 4.69) is 29.6 Å². The molecule has 0 atom stereocenters. The number of rotatable bonds is 8. The Balaban J connectivity index is 2.08. The minimum Gasteiger partial charge on any atom is -0.397 e. The average molecular weight is 310 g/mol. The van der Waals surface area contributed by atoms with Crippen LogP contribution in [0.15, 0.2) is 0 Å². The average Bonchev–Trinajstić information content (AvgIpc) is 3.19. The van der Waals surface area contributed by atoms with Crippen molar-refractivity contribution < 1.29 is 4.79 Å². The van der Waals surface area contributed by atoms with Crippen LogP contribution in [-0.4, -0.2) is 44.5 Å². The zero-order valence-corrected chi connectivity index (χ0v) is 14.0. The van der Waals surface area contributed by atoms with Gasteiger partial charge in [-0.05, 0) is 52.7 Å². The van der Waals surface area contributed by atoms with Crippen molar-refractivity contribution >= 4 is 27.9 Å². The Morgan fingerprint density at radius 1 is 1.43 bits per heavy atom. The molecule has 1 aromatic rings. The maximum Gasteiger partial charge on any atom is 0.263 e. The molecule has 0 bridgehead atoms. The molecular weight excluding hydrogens is 284 g/mol. The van der Waals surface area contributed by atoms with Crippen LogP contribution in [0.3, 0.4) is 0 Å². The van der Waals surface area contributed by atoms with E-state index in [9.17, 15) is 4.79 Å². The highest BCUT2D eigenvalue weighted by atomic mass is 32.1. The van der Waals surface area contributed by atoms with Crippen molar-refractivity contribution in [3.8, 4) is 0 Å². The Labute approximate surface area is 130 Å². The molecule has 0 saturated heterocycles. The molecule has 1 fully saturated rings. The van der Waals surface area contributed by atoms with E-state index in [1.165, 1.54) is 29.7 Å². The van der Waals surface area contributed by atoms with Crippen molar-refractivity contribution in [2.24, 2.45) is 0 Å². The lowest BCUT2D eigenvalue weighted by Gasteiger charge is -2.10. The first-order valence-electron chi connectivity index (χ1n) is 7.63. The second-order valence-electron chi connectivity index (χ2n) is 5.80. The predicted octanol–water partition coefficient (Wildman–Crippen LogP) is 2.32. The lowest BCUT2D eigenvalue weighted by molar-refractivity contribution is 0.0960. The van der Waals surface area contributed by atoms with Gasteiger partial charge in [0.05, 0.1) is 10.7 Å². The minimum atomic E-state index is -0.0526. The number of amides is 1. The van der Waals surface area contributed by atoms with Gasteiger partial charge < -0.3 is 21.3 Å². The van der Waals surface area contributed by atoms with Crippen LogP contribution in [-0.2, 0) is 0 Å². The SMILES string of the molecule is CCNC(=O)c1sc(NCCCN(C)C)c(C2CC2)c1N. The molecule has 2 rings (SSSR count). The molecular formula is C15H26N4OS. The molecule has 0 unspecified atom stereocenters. The highest BCUT2D eigenvalue weighted by molar-refractivity contribution is 7.18. The van der Waals surface area contributed by atoms with Crippen molar-refractivity contribution in [1.82, 2.24) is 10.2 Å². The van der Waals surface area contributed by atoms with Crippen LogP contribution in [0.1, 0.15) is 47.3 Å². The van der Waals surface area contributed by atoms with E-state index >= 15 is 0 Å². The van der Waals surface area contributed by atoms with E-state index in [4.69, 9.17) is 5.73 Å². The smallest absolute Gasteiger partial charge is 0.263 e. The van der Waals surface area contributed by atoms with Gasteiger partial charge in [0.15, 0.2) is 0 Å². The molecule has 1 aliphatic rings. The summed E-state index contributed by atoms with van der Waals surface area (Å²) in [5, 5.41) is 7.41. The maximum atomic E-state index is 12.1. The number of thiophene rings is 1. The highest BCUT2D eigenvalue weighted by Gasteiger charge is 2.32. The van der Waals surface area contributed by atoms with E-state index in [-0.39, 0.29) is 5.91 Å². The number of hydrogen-bond donors (Lipinski definition) is 3. The summed E-state index contributed by atoms with van der Waals surface area (Å²) in [6.45, 7) is 4.51. The molecule has 4 N–H and O–H groups in total. The van der Waals surface area contributed by atoms with Gasteiger partial charge in [0.1, 0.15) is 4.88 Å². The third-order valence-electron chi connectivity index (χ3n) is 3.58. The van der Waals surface area contributed by atoms with Crippen LogP contribution in [0.2, 0.25) is 0 Å². The fourth-order valence-corrected chi connectivity index (χ4v) is 3.52. The fourth-order valence-electron chi connectivity index (χ4n) is 2.37. The molecule has 6 heteroatoms. The van der Waals surface area contributed by atoms with Crippen LogP contribution in [0.4, 0.5) is 10.7 Å². The molecule has 21 heavy (non-hydrogen) atoms. The Hall–Kier alpha value is -1.27. The van der Waals surface area contributed by atoms with E-state index in [1.54, 1.807) is 0 Å². The summed E-state index contributed by atoms with van der Waals surface area (Å²) in [5.74, 6) is 0.490. The molecule has 0 spiro atoms. The van der Waals surface area contributed by atoms with Crippen molar-refractivity contribution in [3.63, 3.8) is 0 Å². The minimum absolute atomic E-state index is 0.0526. The number of hydrogen-bond acceptors (Lipinski definition) is 5. The molecule has 0 aliphatic heterocycles. The summed E-state index contributed by atoms with van der Waals surface area (Å²) in [4.78, 5) is 14.9. The first kappa shape index (κ1) is 16.1. The summed E-state index contributed by atoms with van der Waals surface area (Å²) in [7, 11) is 4.15. The third-order valence-corrected chi connectivity index (χ3v) is 4.76. The maximum absolute atomic E-state index is 12.1. The van der Waals surface area contributed by atoms with Crippen LogP contribution < -0.4 is 16.4 Å². The van der Waals surface area contributed by atoms with Gasteiger partial charge in [-0.2, -0.15) is 0 Å². The number of carbonyl (C=O) groups excluding carboxylic acids is 1. The molecule has 0 radical (unpaired) electrons. The van der Waals surface area contributed by atoms with Crippen LogP contribution >= 0.6 is 11.3 Å². The summed E-state index contributed by atoms with van der Waals surface area (Å²) in [5.41, 5.74) is 8.09. The molecule has 1 aliphatic carbocycles. The predicted molar refractivity (Wildman–Crippen MR) is 90.4 cm³/mol. The number of nitrogens with zero attached hydrogens (tertiary/aromatic N) is 1. The van der Waals surface area contributed by atoms with Crippen molar-refractivity contribution in [2.75, 3.05) is 44.8 Å². The molecule has 1 saturated carbocycles. The Kier molecular flexibility index (Phi) is 5.47. The normalized spacial score (nSPS) is 14.5. The molecule has 0 aromatic carbocycles. The number of carbonyl (C=O) groups is 1. The molecule has 5 nitrogen and oxygen atoms in total. The van der Waals surface area contributed by atoms with Crippen molar-refractivity contribution in [1.29, 1.82) is 0 Å². The van der Waals surface area contributed by atoms with Gasteiger partial charge in [0.2, 0.25) is 0 Å². The van der Waals surface area contributed by atoms with E-state index < -0.39 is 0 Å². The number of nitrogen functional groups attached to an aromatic ring is 1. The third kappa shape index (κ3) is 4.11. The monoisotopic (exact) mass is 310 g/mol.